The molecule has 0 bridgehead atoms. The minimum Gasteiger partial charge on any atom is -0.388 e. The zero-order valence-electron chi connectivity index (χ0n) is 12.6. The Labute approximate surface area is 130 Å². The lowest BCUT2D eigenvalue weighted by Gasteiger charge is -2.37. The summed E-state index contributed by atoms with van der Waals surface area (Å²) in [5, 5.41) is 15.9. The third-order valence-electron chi connectivity index (χ3n) is 4.53. The molecule has 118 valence electrons. The first-order valence-corrected chi connectivity index (χ1v) is 8.80. The number of hydrogen-bond acceptors (Lipinski definition) is 5. The molecule has 1 aliphatic carbocycles. The molecule has 2 fully saturated rings. The van der Waals surface area contributed by atoms with E-state index in [1.165, 1.54) is 0 Å². The smallest absolute Gasteiger partial charge is 0.168 e. The van der Waals surface area contributed by atoms with Crippen LogP contribution in [0.4, 0.5) is 0 Å². The van der Waals surface area contributed by atoms with E-state index in [-0.39, 0.29) is 11.9 Å². The highest BCUT2D eigenvalue weighted by molar-refractivity contribution is 7.10. The van der Waals surface area contributed by atoms with Crippen LogP contribution in [0, 0.1) is 0 Å². The lowest BCUT2D eigenvalue weighted by molar-refractivity contribution is -0.179. The molecule has 2 heterocycles. The van der Waals surface area contributed by atoms with Gasteiger partial charge in [-0.05, 0) is 37.6 Å². The Hall–Kier alpha value is -0.460. The van der Waals surface area contributed by atoms with Crippen LogP contribution in [-0.4, -0.2) is 36.2 Å². The van der Waals surface area contributed by atoms with Gasteiger partial charge in [0, 0.05) is 29.8 Å². The second-order valence-electron chi connectivity index (χ2n) is 6.22. The van der Waals surface area contributed by atoms with Gasteiger partial charge in [0.2, 0.25) is 0 Å². The zero-order chi connectivity index (χ0) is 14.7. The average Bonchev–Trinajstić information content (AvgIpc) is 3.14. The Morgan fingerprint density at radius 3 is 2.71 bits per heavy atom. The van der Waals surface area contributed by atoms with Gasteiger partial charge >= 0.3 is 0 Å². The van der Waals surface area contributed by atoms with Crippen LogP contribution in [0.1, 0.15) is 50.0 Å². The van der Waals surface area contributed by atoms with Crippen molar-refractivity contribution < 1.29 is 14.6 Å². The van der Waals surface area contributed by atoms with Crippen LogP contribution in [0.5, 0.6) is 0 Å². The molecule has 0 radical (unpaired) electrons. The molecule has 1 aliphatic heterocycles. The van der Waals surface area contributed by atoms with Gasteiger partial charge in [-0.2, -0.15) is 0 Å². The molecular formula is C16H25NO3S. The second kappa shape index (κ2) is 6.75. The zero-order valence-corrected chi connectivity index (χ0v) is 13.4. The summed E-state index contributed by atoms with van der Waals surface area (Å²) in [5.74, 6) is -0.280. The molecule has 3 rings (SSSR count). The van der Waals surface area contributed by atoms with Crippen LogP contribution in [0.15, 0.2) is 17.5 Å². The first kappa shape index (κ1) is 15.4. The van der Waals surface area contributed by atoms with Gasteiger partial charge in [-0.3, -0.25) is 0 Å². The van der Waals surface area contributed by atoms with Crippen LogP contribution >= 0.6 is 11.3 Å². The fourth-order valence-corrected chi connectivity index (χ4v) is 4.14. The molecule has 2 unspecified atom stereocenters. The van der Waals surface area contributed by atoms with Gasteiger partial charge in [-0.15, -0.1) is 11.3 Å². The minimum atomic E-state index is -0.357. The highest BCUT2D eigenvalue weighted by Crippen LogP contribution is 2.36. The molecule has 1 saturated heterocycles. The second-order valence-corrected chi connectivity index (χ2v) is 7.20. The van der Waals surface area contributed by atoms with Crippen molar-refractivity contribution in [2.45, 2.75) is 63.0 Å². The van der Waals surface area contributed by atoms with E-state index in [4.69, 9.17) is 9.47 Å². The Bertz CT molecular complexity index is 421. The van der Waals surface area contributed by atoms with Crippen molar-refractivity contribution in [2.24, 2.45) is 0 Å². The van der Waals surface area contributed by atoms with Gasteiger partial charge < -0.3 is 19.9 Å². The predicted molar refractivity (Wildman–Crippen MR) is 83.4 cm³/mol. The first-order chi connectivity index (χ1) is 10.2. The minimum absolute atomic E-state index is 0.280. The number of aliphatic hydroxyl groups excluding tert-OH is 1. The third-order valence-corrected chi connectivity index (χ3v) is 5.50. The maximum atomic E-state index is 10.2. The molecule has 1 aromatic heterocycles. The number of aliphatic hydroxyl groups is 1. The molecule has 5 heteroatoms. The van der Waals surface area contributed by atoms with Gasteiger partial charge in [-0.1, -0.05) is 6.07 Å². The highest BCUT2D eigenvalue weighted by atomic mass is 32.1. The molecule has 1 aromatic rings. The molecule has 21 heavy (non-hydrogen) atoms. The lowest BCUT2D eigenvalue weighted by atomic mass is 9.89. The van der Waals surface area contributed by atoms with Crippen molar-refractivity contribution in [3.8, 4) is 0 Å². The van der Waals surface area contributed by atoms with E-state index in [2.05, 4.69) is 12.2 Å². The van der Waals surface area contributed by atoms with E-state index in [1.54, 1.807) is 11.3 Å². The Morgan fingerprint density at radius 2 is 2.10 bits per heavy atom. The fourth-order valence-electron chi connectivity index (χ4n) is 3.41. The predicted octanol–water partition coefficient (Wildman–Crippen LogP) is 2.84. The first-order valence-electron chi connectivity index (χ1n) is 7.92. The number of thiophene rings is 1. The quantitative estimate of drug-likeness (QED) is 0.878. The van der Waals surface area contributed by atoms with Crippen molar-refractivity contribution in [2.75, 3.05) is 13.2 Å². The van der Waals surface area contributed by atoms with Crippen molar-refractivity contribution in [1.82, 2.24) is 5.32 Å². The fraction of sp³-hybridized carbons (Fsp3) is 0.750. The topological polar surface area (TPSA) is 50.7 Å². The molecular weight excluding hydrogens is 286 g/mol. The van der Waals surface area contributed by atoms with Crippen molar-refractivity contribution in [3.05, 3.63) is 22.4 Å². The maximum absolute atomic E-state index is 10.2. The lowest BCUT2D eigenvalue weighted by Crippen LogP contribution is -2.45. The summed E-state index contributed by atoms with van der Waals surface area (Å²) in [4.78, 5) is 1.05. The number of ether oxygens (including phenoxy) is 2. The summed E-state index contributed by atoms with van der Waals surface area (Å²) >= 11 is 1.62. The molecule has 0 aromatic carbocycles. The van der Waals surface area contributed by atoms with E-state index in [1.807, 2.05) is 17.5 Å². The van der Waals surface area contributed by atoms with E-state index < -0.39 is 0 Å². The van der Waals surface area contributed by atoms with Crippen LogP contribution in [-0.2, 0) is 9.47 Å². The van der Waals surface area contributed by atoms with E-state index >= 15 is 0 Å². The summed E-state index contributed by atoms with van der Waals surface area (Å²) < 4.78 is 11.5. The highest BCUT2D eigenvalue weighted by Gasteiger charge is 2.40. The normalized spacial score (nSPS) is 25.2. The molecule has 4 nitrogen and oxygen atoms in total. The molecule has 1 spiro atoms. The van der Waals surface area contributed by atoms with E-state index in [0.717, 1.165) is 50.2 Å². The van der Waals surface area contributed by atoms with Crippen molar-refractivity contribution in [1.29, 1.82) is 0 Å². The van der Waals surface area contributed by atoms with Crippen LogP contribution < -0.4 is 5.32 Å². The van der Waals surface area contributed by atoms with E-state index in [9.17, 15) is 5.11 Å². The maximum Gasteiger partial charge on any atom is 0.168 e. The summed E-state index contributed by atoms with van der Waals surface area (Å²) in [6, 6.07) is 4.81. The molecule has 2 atom stereocenters. The summed E-state index contributed by atoms with van der Waals surface area (Å²) in [6.07, 6.45) is 4.52. The van der Waals surface area contributed by atoms with E-state index in [0.29, 0.717) is 12.1 Å². The molecule has 1 saturated carbocycles. The Kier molecular flexibility index (Phi) is 4.96. The van der Waals surface area contributed by atoms with Crippen LogP contribution in [0.2, 0.25) is 0 Å². The number of hydrogen-bond donors (Lipinski definition) is 2. The third kappa shape index (κ3) is 3.85. The van der Waals surface area contributed by atoms with Gasteiger partial charge in [0.25, 0.3) is 0 Å². The number of rotatable bonds is 5. The largest absolute Gasteiger partial charge is 0.388 e. The Balaban J connectivity index is 1.42. The van der Waals surface area contributed by atoms with Gasteiger partial charge in [0.05, 0.1) is 19.3 Å². The average molecular weight is 311 g/mol. The summed E-state index contributed by atoms with van der Waals surface area (Å²) in [7, 11) is 0. The Morgan fingerprint density at radius 1 is 1.38 bits per heavy atom. The molecule has 0 amide bonds. The molecule has 2 aliphatic rings. The van der Waals surface area contributed by atoms with Crippen LogP contribution in [0.25, 0.3) is 0 Å². The standard InChI is InChI=1S/C16H25NO3S/c1-12(11-14(18)15-3-2-10-21-15)17-13-4-6-16(7-5-13)19-8-9-20-16/h2-3,10,12-14,17-18H,4-9,11H2,1H3. The van der Waals surface area contributed by atoms with Gasteiger partial charge in [0.1, 0.15) is 0 Å². The van der Waals surface area contributed by atoms with Crippen molar-refractivity contribution in [3.63, 3.8) is 0 Å². The van der Waals surface area contributed by atoms with Gasteiger partial charge in [0.15, 0.2) is 5.79 Å². The summed E-state index contributed by atoms with van der Waals surface area (Å²) in [5.41, 5.74) is 0. The van der Waals surface area contributed by atoms with Crippen LogP contribution in [0.3, 0.4) is 0 Å². The summed E-state index contributed by atoms with van der Waals surface area (Å²) in [6.45, 7) is 3.63. The molecule has 2 N–H and O–H groups in total. The number of nitrogens with one attached hydrogen (secondary N) is 1. The van der Waals surface area contributed by atoms with Gasteiger partial charge in [-0.25, -0.2) is 0 Å². The monoisotopic (exact) mass is 311 g/mol. The SMILES string of the molecule is CC(CC(O)c1cccs1)NC1CCC2(CC1)OCCO2. The van der Waals surface area contributed by atoms with Crippen molar-refractivity contribution >= 4 is 11.3 Å².